The molecule has 2 nitrogen and oxygen atoms in total. The van der Waals surface area contributed by atoms with E-state index in [4.69, 9.17) is 11.6 Å². The highest BCUT2D eigenvalue weighted by atomic mass is 35.5. The van der Waals surface area contributed by atoms with Crippen molar-refractivity contribution >= 4 is 28.8 Å². The molecule has 2 heterocycles. The summed E-state index contributed by atoms with van der Waals surface area (Å²) in [5.41, 5.74) is 1.25. The zero-order chi connectivity index (χ0) is 14.3. The monoisotopic (exact) mass is 309 g/mol. The van der Waals surface area contributed by atoms with Gasteiger partial charge in [-0.25, -0.2) is 4.39 Å². The number of nitrogens with zero attached hydrogens (tertiary/aromatic N) is 1. The quantitative estimate of drug-likeness (QED) is 0.769. The molecule has 0 saturated heterocycles. The zero-order valence-electron chi connectivity index (χ0n) is 10.9. The highest BCUT2D eigenvalue weighted by molar-refractivity contribution is 7.10. The molecular formula is C15H13ClFNOS. The smallest absolute Gasteiger partial charge is 0.257 e. The summed E-state index contributed by atoms with van der Waals surface area (Å²) in [6.07, 6.45) is 0.832. The van der Waals surface area contributed by atoms with E-state index in [2.05, 4.69) is 0 Å². The van der Waals surface area contributed by atoms with Gasteiger partial charge in [-0.3, -0.25) is 4.79 Å². The van der Waals surface area contributed by atoms with Gasteiger partial charge in [0.15, 0.2) is 0 Å². The van der Waals surface area contributed by atoms with Crippen LogP contribution in [0.5, 0.6) is 0 Å². The molecular weight excluding hydrogens is 297 g/mol. The molecule has 1 aromatic heterocycles. The van der Waals surface area contributed by atoms with Crippen LogP contribution in [0.3, 0.4) is 0 Å². The number of fused-ring (bicyclic) bond motifs is 1. The average molecular weight is 310 g/mol. The standard InChI is InChI=1S/C15H13ClFNOS/c1-9-11-5-7-20-14(11)4-6-18(9)15(19)12-3-2-10(16)8-13(12)17/h2-3,5,7-9H,4,6H2,1H3/t9-/m0/s1. The van der Waals surface area contributed by atoms with Crippen LogP contribution in [-0.4, -0.2) is 17.4 Å². The highest BCUT2D eigenvalue weighted by Gasteiger charge is 2.30. The van der Waals surface area contributed by atoms with Gasteiger partial charge in [-0.05, 0) is 48.6 Å². The highest BCUT2D eigenvalue weighted by Crippen LogP contribution is 2.34. The van der Waals surface area contributed by atoms with E-state index in [0.29, 0.717) is 11.6 Å². The zero-order valence-corrected chi connectivity index (χ0v) is 12.5. The third-order valence-electron chi connectivity index (χ3n) is 3.70. The fourth-order valence-electron chi connectivity index (χ4n) is 2.60. The number of hydrogen-bond acceptors (Lipinski definition) is 2. The second kappa shape index (κ2) is 5.19. The molecule has 2 aromatic rings. The number of rotatable bonds is 1. The Hall–Kier alpha value is -1.39. The third-order valence-corrected chi connectivity index (χ3v) is 4.93. The van der Waals surface area contributed by atoms with Gasteiger partial charge < -0.3 is 4.90 Å². The fraction of sp³-hybridized carbons (Fsp3) is 0.267. The summed E-state index contributed by atoms with van der Waals surface area (Å²) in [4.78, 5) is 15.6. The molecule has 1 aliphatic heterocycles. The average Bonchev–Trinajstić information content (AvgIpc) is 2.87. The molecule has 0 bridgehead atoms. The Morgan fingerprint density at radius 2 is 2.25 bits per heavy atom. The van der Waals surface area contributed by atoms with Crippen LogP contribution in [-0.2, 0) is 6.42 Å². The lowest BCUT2D eigenvalue weighted by atomic mass is 10.0. The number of carbonyl (C=O) groups is 1. The number of carbonyl (C=O) groups excluding carboxylic acids is 1. The summed E-state index contributed by atoms with van der Waals surface area (Å²) in [7, 11) is 0. The van der Waals surface area contributed by atoms with Crippen molar-refractivity contribution in [1.29, 1.82) is 0 Å². The van der Waals surface area contributed by atoms with E-state index in [0.717, 1.165) is 6.42 Å². The van der Waals surface area contributed by atoms with Crippen LogP contribution in [0.1, 0.15) is 33.8 Å². The minimum atomic E-state index is -0.564. The lowest BCUT2D eigenvalue weighted by molar-refractivity contribution is 0.0674. The molecule has 0 unspecified atom stereocenters. The number of benzene rings is 1. The number of thiophene rings is 1. The first kappa shape index (κ1) is 13.6. The minimum absolute atomic E-state index is 0.0208. The first-order valence-electron chi connectivity index (χ1n) is 6.40. The van der Waals surface area contributed by atoms with Crippen LogP contribution in [0.4, 0.5) is 4.39 Å². The lowest BCUT2D eigenvalue weighted by Gasteiger charge is -2.33. The van der Waals surface area contributed by atoms with E-state index in [1.807, 2.05) is 18.4 Å². The first-order valence-corrected chi connectivity index (χ1v) is 7.66. The van der Waals surface area contributed by atoms with Gasteiger partial charge in [0.05, 0.1) is 11.6 Å². The van der Waals surface area contributed by atoms with Crippen molar-refractivity contribution in [3.05, 3.63) is 56.5 Å². The second-order valence-corrected chi connectivity index (χ2v) is 6.28. The molecule has 3 rings (SSSR count). The molecule has 20 heavy (non-hydrogen) atoms. The number of halogens is 2. The number of amides is 1. The van der Waals surface area contributed by atoms with Gasteiger partial charge in [-0.15, -0.1) is 11.3 Å². The molecule has 0 fully saturated rings. The SMILES string of the molecule is C[C@H]1c2ccsc2CCN1C(=O)c1ccc(Cl)cc1F. The van der Waals surface area contributed by atoms with E-state index >= 15 is 0 Å². The Balaban J connectivity index is 1.92. The normalized spacial score (nSPS) is 17.9. The van der Waals surface area contributed by atoms with Gasteiger partial charge in [-0.2, -0.15) is 0 Å². The molecule has 0 radical (unpaired) electrons. The molecule has 1 atom stereocenters. The Kier molecular flexibility index (Phi) is 3.52. The van der Waals surface area contributed by atoms with E-state index in [9.17, 15) is 9.18 Å². The largest absolute Gasteiger partial charge is 0.331 e. The van der Waals surface area contributed by atoms with Crippen molar-refractivity contribution < 1.29 is 9.18 Å². The van der Waals surface area contributed by atoms with Gasteiger partial charge in [-0.1, -0.05) is 11.6 Å². The predicted molar refractivity (Wildman–Crippen MR) is 78.9 cm³/mol. The molecule has 1 amide bonds. The van der Waals surface area contributed by atoms with Crippen LogP contribution in [0, 0.1) is 5.82 Å². The maximum atomic E-state index is 13.9. The Morgan fingerprint density at radius 3 is 3.00 bits per heavy atom. The predicted octanol–water partition coefficient (Wildman–Crippen LogP) is 4.30. The topological polar surface area (TPSA) is 20.3 Å². The van der Waals surface area contributed by atoms with Crippen LogP contribution >= 0.6 is 22.9 Å². The molecule has 0 N–H and O–H groups in total. The van der Waals surface area contributed by atoms with Crippen LogP contribution < -0.4 is 0 Å². The number of hydrogen-bond donors (Lipinski definition) is 0. The summed E-state index contributed by atoms with van der Waals surface area (Å²) in [6, 6.07) is 6.20. The Labute approximate surface area is 125 Å². The van der Waals surface area contributed by atoms with Gasteiger partial charge in [0, 0.05) is 16.4 Å². The maximum absolute atomic E-state index is 13.9. The Bertz CT molecular complexity index is 670. The molecule has 0 saturated carbocycles. The maximum Gasteiger partial charge on any atom is 0.257 e. The first-order chi connectivity index (χ1) is 9.58. The van der Waals surface area contributed by atoms with Crippen molar-refractivity contribution in [2.24, 2.45) is 0 Å². The van der Waals surface area contributed by atoms with E-state index in [1.54, 1.807) is 22.3 Å². The van der Waals surface area contributed by atoms with E-state index < -0.39 is 5.82 Å². The minimum Gasteiger partial charge on any atom is -0.331 e. The second-order valence-electron chi connectivity index (χ2n) is 4.85. The fourth-order valence-corrected chi connectivity index (χ4v) is 3.73. The van der Waals surface area contributed by atoms with Crippen molar-refractivity contribution in [1.82, 2.24) is 4.90 Å². The Morgan fingerprint density at radius 1 is 1.45 bits per heavy atom. The van der Waals surface area contributed by atoms with Crippen LogP contribution in [0.15, 0.2) is 29.6 Å². The summed E-state index contributed by atoms with van der Waals surface area (Å²) in [5, 5.41) is 2.34. The van der Waals surface area contributed by atoms with Crippen LogP contribution in [0.25, 0.3) is 0 Å². The van der Waals surface area contributed by atoms with Crippen molar-refractivity contribution in [2.45, 2.75) is 19.4 Å². The van der Waals surface area contributed by atoms with Gasteiger partial charge in [0.25, 0.3) is 5.91 Å². The van der Waals surface area contributed by atoms with Crippen molar-refractivity contribution in [3.63, 3.8) is 0 Å². The van der Waals surface area contributed by atoms with Gasteiger partial charge >= 0.3 is 0 Å². The molecule has 0 aliphatic carbocycles. The van der Waals surface area contributed by atoms with E-state index in [-0.39, 0.29) is 17.5 Å². The van der Waals surface area contributed by atoms with Gasteiger partial charge in [0.1, 0.15) is 5.82 Å². The van der Waals surface area contributed by atoms with Crippen LogP contribution in [0.2, 0.25) is 5.02 Å². The lowest BCUT2D eigenvalue weighted by Crippen LogP contribution is -2.38. The van der Waals surface area contributed by atoms with Crippen molar-refractivity contribution in [2.75, 3.05) is 6.54 Å². The summed E-state index contributed by atoms with van der Waals surface area (Å²) in [5.74, 6) is -0.839. The molecule has 5 heteroatoms. The molecule has 1 aliphatic rings. The molecule has 1 aromatic carbocycles. The van der Waals surface area contributed by atoms with Gasteiger partial charge in [0.2, 0.25) is 0 Å². The molecule has 0 spiro atoms. The van der Waals surface area contributed by atoms with Crippen molar-refractivity contribution in [3.8, 4) is 0 Å². The van der Waals surface area contributed by atoms with E-state index in [1.165, 1.54) is 22.6 Å². The summed E-state index contributed by atoms with van der Waals surface area (Å²) < 4.78 is 13.9. The summed E-state index contributed by atoms with van der Waals surface area (Å²) in [6.45, 7) is 2.60. The molecule has 104 valence electrons. The summed E-state index contributed by atoms with van der Waals surface area (Å²) >= 11 is 7.44. The third kappa shape index (κ3) is 2.23.